The highest BCUT2D eigenvalue weighted by molar-refractivity contribution is 5.85. The number of carboxylic acids is 2. The highest BCUT2D eigenvalue weighted by atomic mass is 16.4. The van der Waals surface area contributed by atoms with Gasteiger partial charge in [-0.1, -0.05) is 6.92 Å². The third-order valence-corrected chi connectivity index (χ3v) is 3.09. The summed E-state index contributed by atoms with van der Waals surface area (Å²) >= 11 is 0. The quantitative estimate of drug-likeness (QED) is 0.645. The fourth-order valence-electron chi connectivity index (χ4n) is 2.28. The number of carbonyl (C=O) groups excluding carboxylic acids is 1. The number of rotatable bonds is 5. The van der Waals surface area contributed by atoms with Crippen molar-refractivity contribution in [2.24, 2.45) is 17.8 Å². The number of amides is 1. The number of carboxylic acid groups (broad SMARTS) is 2. The summed E-state index contributed by atoms with van der Waals surface area (Å²) in [6.45, 7) is 1.96. The van der Waals surface area contributed by atoms with Crippen LogP contribution in [0.25, 0.3) is 0 Å². The first-order chi connectivity index (χ1) is 7.91. The van der Waals surface area contributed by atoms with Gasteiger partial charge in [0.05, 0.1) is 18.3 Å². The van der Waals surface area contributed by atoms with Crippen LogP contribution in [0.15, 0.2) is 0 Å². The molecule has 6 heteroatoms. The highest BCUT2D eigenvalue weighted by Crippen LogP contribution is 2.36. The van der Waals surface area contributed by atoms with Crippen LogP contribution in [0.4, 0.5) is 0 Å². The van der Waals surface area contributed by atoms with Crippen LogP contribution in [0, 0.1) is 17.8 Å². The predicted molar refractivity (Wildman–Crippen MR) is 58.3 cm³/mol. The molecule has 17 heavy (non-hydrogen) atoms. The zero-order chi connectivity index (χ0) is 13.0. The van der Waals surface area contributed by atoms with Crippen LogP contribution in [0.1, 0.15) is 26.2 Å². The number of aliphatic carboxylic acids is 2. The Hall–Kier alpha value is -1.59. The van der Waals surface area contributed by atoms with E-state index in [1.54, 1.807) is 0 Å². The van der Waals surface area contributed by atoms with Crippen LogP contribution >= 0.6 is 0 Å². The molecule has 96 valence electrons. The van der Waals surface area contributed by atoms with Gasteiger partial charge in [0.25, 0.3) is 0 Å². The summed E-state index contributed by atoms with van der Waals surface area (Å²) in [6.07, 6.45) is 0.911. The number of nitrogens with one attached hydrogen (secondary N) is 1. The Kier molecular flexibility index (Phi) is 4.48. The summed E-state index contributed by atoms with van der Waals surface area (Å²) in [4.78, 5) is 33.0. The molecule has 1 rings (SSSR count). The van der Waals surface area contributed by atoms with Crippen LogP contribution in [0.5, 0.6) is 0 Å². The van der Waals surface area contributed by atoms with Crippen molar-refractivity contribution >= 4 is 17.8 Å². The van der Waals surface area contributed by atoms with E-state index in [1.165, 1.54) is 0 Å². The van der Waals surface area contributed by atoms with Crippen molar-refractivity contribution in [2.45, 2.75) is 26.2 Å². The molecule has 1 aliphatic rings. The molecule has 1 amide bonds. The first-order valence-corrected chi connectivity index (χ1v) is 5.64. The van der Waals surface area contributed by atoms with Crippen molar-refractivity contribution in [2.75, 3.05) is 6.54 Å². The maximum atomic E-state index is 11.7. The summed E-state index contributed by atoms with van der Waals surface area (Å²) in [6, 6.07) is 0. The average molecular weight is 243 g/mol. The van der Waals surface area contributed by atoms with E-state index >= 15 is 0 Å². The minimum Gasteiger partial charge on any atom is -0.481 e. The van der Waals surface area contributed by atoms with Crippen molar-refractivity contribution < 1.29 is 24.6 Å². The van der Waals surface area contributed by atoms with Crippen molar-refractivity contribution in [3.05, 3.63) is 0 Å². The predicted octanol–water partition coefficient (Wildman–Crippen LogP) is 0.324. The Morgan fingerprint density at radius 3 is 2.29 bits per heavy atom. The molecule has 0 bridgehead atoms. The van der Waals surface area contributed by atoms with Gasteiger partial charge in [0.15, 0.2) is 0 Å². The lowest BCUT2D eigenvalue weighted by molar-refractivity contribution is -0.146. The van der Waals surface area contributed by atoms with Gasteiger partial charge in [-0.15, -0.1) is 0 Å². The lowest BCUT2D eigenvalue weighted by Crippen LogP contribution is -2.36. The lowest BCUT2D eigenvalue weighted by atomic mass is 9.95. The lowest BCUT2D eigenvalue weighted by Gasteiger charge is -2.14. The SMILES string of the molecule is CC1CC(C(=O)O)C(C(=O)NCCC(=O)O)C1. The Bertz CT molecular complexity index is 328. The topological polar surface area (TPSA) is 104 Å². The third-order valence-electron chi connectivity index (χ3n) is 3.09. The molecule has 0 aliphatic heterocycles. The van der Waals surface area contributed by atoms with Gasteiger partial charge in [0.1, 0.15) is 0 Å². The van der Waals surface area contributed by atoms with Crippen molar-refractivity contribution in [1.82, 2.24) is 5.32 Å². The molecule has 1 aliphatic carbocycles. The van der Waals surface area contributed by atoms with E-state index in [0.29, 0.717) is 12.8 Å². The van der Waals surface area contributed by atoms with E-state index in [2.05, 4.69) is 5.32 Å². The van der Waals surface area contributed by atoms with E-state index in [0.717, 1.165) is 0 Å². The van der Waals surface area contributed by atoms with Crippen LogP contribution in [0.3, 0.4) is 0 Å². The van der Waals surface area contributed by atoms with Crippen molar-refractivity contribution in [1.29, 1.82) is 0 Å². The molecular formula is C11H17NO5. The van der Waals surface area contributed by atoms with Crippen molar-refractivity contribution in [3.8, 4) is 0 Å². The molecule has 1 saturated carbocycles. The summed E-state index contributed by atoms with van der Waals surface area (Å²) in [5.74, 6) is -3.24. The normalized spacial score (nSPS) is 27.7. The summed E-state index contributed by atoms with van der Waals surface area (Å²) < 4.78 is 0. The zero-order valence-electron chi connectivity index (χ0n) is 9.68. The first-order valence-electron chi connectivity index (χ1n) is 5.64. The van der Waals surface area contributed by atoms with Gasteiger partial charge in [-0.2, -0.15) is 0 Å². The fraction of sp³-hybridized carbons (Fsp3) is 0.727. The van der Waals surface area contributed by atoms with E-state index < -0.39 is 23.8 Å². The Balaban J connectivity index is 2.49. The van der Waals surface area contributed by atoms with E-state index in [-0.39, 0.29) is 24.8 Å². The van der Waals surface area contributed by atoms with Gasteiger partial charge < -0.3 is 15.5 Å². The van der Waals surface area contributed by atoms with Gasteiger partial charge in [-0.05, 0) is 18.8 Å². The molecule has 0 aromatic carbocycles. The fourth-order valence-corrected chi connectivity index (χ4v) is 2.28. The van der Waals surface area contributed by atoms with Gasteiger partial charge >= 0.3 is 11.9 Å². The minimum atomic E-state index is -0.986. The molecule has 1 fully saturated rings. The second kappa shape index (κ2) is 5.65. The molecule has 6 nitrogen and oxygen atoms in total. The summed E-state index contributed by atoms with van der Waals surface area (Å²) in [5.41, 5.74) is 0. The number of hydrogen-bond acceptors (Lipinski definition) is 3. The molecule has 0 saturated heterocycles. The molecule has 0 aromatic heterocycles. The minimum absolute atomic E-state index is 0.0470. The standard InChI is InChI=1S/C11H17NO5/c1-6-4-7(8(5-6)11(16)17)10(15)12-3-2-9(13)14/h6-8H,2-5H2,1H3,(H,12,15)(H,13,14)(H,16,17). The number of carbonyl (C=O) groups is 3. The summed E-state index contributed by atoms with van der Waals surface area (Å²) in [7, 11) is 0. The molecular weight excluding hydrogens is 226 g/mol. The second-order valence-electron chi connectivity index (χ2n) is 4.56. The number of hydrogen-bond donors (Lipinski definition) is 3. The van der Waals surface area contributed by atoms with E-state index in [9.17, 15) is 14.4 Å². The smallest absolute Gasteiger partial charge is 0.307 e. The molecule has 3 atom stereocenters. The van der Waals surface area contributed by atoms with Crippen LogP contribution in [-0.4, -0.2) is 34.6 Å². The Morgan fingerprint density at radius 1 is 1.18 bits per heavy atom. The van der Waals surface area contributed by atoms with Crippen LogP contribution < -0.4 is 5.32 Å². The van der Waals surface area contributed by atoms with Gasteiger partial charge in [0, 0.05) is 6.54 Å². The highest BCUT2D eigenvalue weighted by Gasteiger charge is 2.40. The Morgan fingerprint density at radius 2 is 1.76 bits per heavy atom. The Labute approximate surface area is 99.0 Å². The molecule has 0 heterocycles. The molecule has 0 spiro atoms. The molecule has 0 aromatic rings. The van der Waals surface area contributed by atoms with Gasteiger partial charge in [0.2, 0.25) is 5.91 Å². The largest absolute Gasteiger partial charge is 0.481 e. The van der Waals surface area contributed by atoms with E-state index in [4.69, 9.17) is 10.2 Å². The maximum Gasteiger partial charge on any atom is 0.307 e. The monoisotopic (exact) mass is 243 g/mol. The van der Waals surface area contributed by atoms with E-state index in [1.807, 2.05) is 6.92 Å². The second-order valence-corrected chi connectivity index (χ2v) is 4.56. The van der Waals surface area contributed by atoms with Gasteiger partial charge in [-0.25, -0.2) is 0 Å². The molecule has 3 unspecified atom stereocenters. The van der Waals surface area contributed by atoms with Crippen LogP contribution in [-0.2, 0) is 14.4 Å². The van der Waals surface area contributed by atoms with Crippen LogP contribution in [0.2, 0.25) is 0 Å². The summed E-state index contributed by atoms with van der Waals surface area (Å²) in [5, 5.41) is 19.9. The zero-order valence-corrected chi connectivity index (χ0v) is 9.68. The molecule has 3 N–H and O–H groups in total. The first kappa shape index (κ1) is 13.5. The third kappa shape index (κ3) is 3.72. The maximum absolute atomic E-state index is 11.7. The van der Waals surface area contributed by atoms with Crippen molar-refractivity contribution in [3.63, 3.8) is 0 Å². The van der Waals surface area contributed by atoms with Gasteiger partial charge in [-0.3, -0.25) is 14.4 Å². The molecule has 0 radical (unpaired) electrons. The average Bonchev–Trinajstić information content (AvgIpc) is 2.59.